The largest absolute Gasteiger partial charge is 0.493 e. The van der Waals surface area contributed by atoms with Gasteiger partial charge in [0.25, 0.3) is 0 Å². The molecule has 6 nitrogen and oxygen atoms in total. The molecule has 224 valence electrons. The highest BCUT2D eigenvalue weighted by Gasteiger charge is 2.21. The number of ketones is 2. The molecule has 2 heterocycles. The molecule has 9 heteroatoms. The van der Waals surface area contributed by atoms with Crippen LogP contribution in [-0.4, -0.2) is 25.8 Å². The number of benzene rings is 3. The highest BCUT2D eigenvalue weighted by molar-refractivity contribution is 7.21. The van der Waals surface area contributed by atoms with Gasteiger partial charge < -0.3 is 18.9 Å². The molecule has 0 aliphatic heterocycles. The molecule has 0 aliphatic rings. The number of halogens is 1. The van der Waals surface area contributed by atoms with Crippen molar-refractivity contribution in [2.45, 2.75) is 52.7 Å². The number of rotatable bonds is 14. The first kappa shape index (κ1) is 30.5. The van der Waals surface area contributed by atoms with Crippen molar-refractivity contribution in [3.8, 4) is 23.0 Å². The number of ether oxygens (including phenoxy) is 4. The normalized spacial score (nSPS) is 11.2. The zero-order chi connectivity index (χ0) is 30.5. The van der Waals surface area contributed by atoms with E-state index < -0.39 is 5.82 Å². The van der Waals surface area contributed by atoms with E-state index in [1.54, 1.807) is 19.2 Å². The van der Waals surface area contributed by atoms with E-state index in [-0.39, 0.29) is 36.3 Å². The number of carbonyl (C=O) groups is 2. The molecule has 0 aliphatic carbocycles. The molecule has 0 unspecified atom stereocenters. The predicted molar refractivity (Wildman–Crippen MR) is 170 cm³/mol. The third kappa shape index (κ3) is 6.53. The van der Waals surface area contributed by atoms with Gasteiger partial charge in [-0.05, 0) is 47.6 Å². The molecular weight excluding hydrogens is 588 g/mol. The minimum absolute atomic E-state index is 0.00124. The van der Waals surface area contributed by atoms with Crippen LogP contribution in [0.5, 0.6) is 23.0 Å². The van der Waals surface area contributed by atoms with Crippen LogP contribution in [0, 0.1) is 5.82 Å². The molecule has 0 saturated carbocycles. The smallest absolute Gasteiger partial charge is 0.198 e. The first-order valence-corrected chi connectivity index (χ1v) is 15.8. The standard InChI is InChI=1S/C34H33FO6S2/c1-5-9-24(36)31-14-22-13-27(26(38-3)16-29(22)42-31)40-18-20-11-7-8-12-21(20)19-41-34-28(39-4)17-30-23(33(34)35)15-32(43-30)25(37)10-6-2/h7-8,11-17H,5-6,9-10,18-19H2,1-4H3. The molecule has 0 amide bonds. The van der Waals surface area contributed by atoms with Gasteiger partial charge in [0.05, 0.1) is 24.0 Å². The fraction of sp³-hybridized carbons (Fsp3) is 0.294. The summed E-state index contributed by atoms with van der Waals surface area (Å²) in [5, 5.41) is 1.26. The van der Waals surface area contributed by atoms with E-state index in [0.29, 0.717) is 39.3 Å². The highest BCUT2D eigenvalue weighted by atomic mass is 32.1. The summed E-state index contributed by atoms with van der Waals surface area (Å²) in [5.74, 6) is 0.971. The minimum atomic E-state index is -0.555. The van der Waals surface area contributed by atoms with Crippen LogP contribution < -0.4 is 18.9 Å². The molecule has 5 aromatic rings. The van der Waals surface area contributed by atoms with Crippen molar-refractivity contribution >= 4 is 54.4 Å². The van der Waals surface area contributed by atoms with E-state index in [2.05, 4.69) is 0 Å². The third-order valence-electron chi connectivity index (χ3n) is 7.08. The summed E-state index contributed by atoms with van der Waals surface area (Å²) in [6.07, 6.45) is 2.47. The molecule has 2 aromatic heterocycles. The van der Waals surface area contributed by atoms with Gasteiger partial charge in [0.2, 0.25) is 0 Å². The van der Waals surface area contributed by atoms with Crippen molar-refractivity contribution in [3.63, 3.8) is 0 Å². The number of thiophene rings is 2. The van der Waals surface area contributed by atoms with E-state index in [1.165, 1.54) is 29.8 Å². The van der Waals surface area contributed by atoms with Gasteiger partial charge in [-0.15, -0.1) is 22.7 Å². The van der Waals surface area contributed by atoms with Gasteiger partial charge in [-0.2, -0.15) is 0 Å². The summed E-state index contributed by atoms with van der Waals surface area (Å²) in [5.41, 5.74) is 1.67. The maximum Gasteiger partial charge on any atom is 0.198 e. The molecule has 0 N–H and O–H groups in total. The minimum Gasteiger partial charge on any atom is -0.493 e. The van der Waals surface area contributed by atoms with Crippen LogP contribution >= 0.6 is 22.7 Å². The zero-order valence-electron chi connectivity index (χ0n) is 24.6. The summed E-state index contributed by atoms with van der Waals surface area (Å²) in [6.45, 7) is 4.23. The molecule has 43 heavy (non-hydrogen) atoms. The SMILES string of the molecule is CCCC(=O)c1cc2cc(OCc3ccccc3COc3c(OC)cc4sc(C(=O)CCC)cc4c3F)c(OC)cc2s1. The summed E-state index contributed by atoms with van der Waals surface area (Å²) in [7, 11) is 3.05. The van der Waals surface area contributed by atoms with Gasteiger partial charge in [-0.1, -0.05) is 38.1 Å². The topological polar surface area (TPSA) is 71.1 Å². The van der Waals surface area contributed by atoms with Crippen molar-refractivity contribution in [1.82, 2.24) is 0 Å². The molecule has 0 fully saturated rings. The Morgan fingerprint density at radius 1 is 0.721 bits per heavy atom. The van der Waals surface area contributed by atoms with E-state index in [0.717, 1.165) is 38.9 Å². The quantitative estimate of drug-likeness (QED) is 0.115. The summed E-state index contributed by atoms with van der Waals surface area (Å²) in [4.78, 5) is 26.1. The fourth-order valence-electron chi connectivity index (χ4n) is 4.82. The highest BCUT2D eigenvalue weighted by Crippen LogP contribution is 2.41. The number of carbonyl (C=O) groups excluding carboxylic acids is 2. The second kappa shape index (κ2) is 13.6. The molecule has 5 rings (SSSR count). The Hall–Kier alpha value is -3.95. The van der Waals surface area contributed by atoms with Crippen LogP contribution in [0.4, 0.5) is 4.39 Å². The Morgan fingerprint density at radius 2 is 1.30 bits per heavy atom. The molecular formula is C34H33FO6S2. The van der Waals surface area contributed by atoms with Crippen molar-refractivity contribution in [2.75, 3.05) is 14.2 Å². The number of fused-ring (bicyclic) bond motifs is 2. The lowest BCUT2D eigenvalue weighted by Crippen LogP contribution is -2.05. The summed E-state index contributed by atoms with van der Waals surface area (Å²) in [6, 6.07) is 16.6. The van der Waals surface area contributed by atoms with E-state index in [9.17, 15) is 9.59 Å². The molecule has 0 radical (unpaired) electrons. The lowest BCUT2D eigenvalue weighted by Gasteiger charge is -2.16. The van der Waals surface area contributed by atoms with Gasteiger partial charge in [-0.3, -0.25) is 9.59 Å². The van der Waals surface area contributed by atoms with Crippen molar-refractivity contribution in [2.24, 2.45) is 0 Å². The van der Waals surface area contributed by atoms with Crippen molar-refractivity contribution in [1.29, 1.82) is 0 Å². The van der Waals surface area contributed by atoms with E-state index in [1.807, 2.05) is 56.3 Å². The second-order valence-corrected chi connectivity index (χ2v) is 12.3. The predicted octanol–water partition coefficient (Wildman–Crippen LogP) is 9.40. The van der Waals surface area contributed by atoms with E-state index >= 15 is 4.39 Å². The van der Waals surface area contributed by atoms with Crippen LogP contribution in [0.2, 0.25) is 0 Å². The third-order valence-corrected chi connectivity index (χ3v) is 9.34. The number of methoxy groups -OCH3 is 2. The van der Waals surface area contributed by atoms with E-state index in [4.69, 9.17) is 18.9 Å². The van der Waals surface area contributed by atoms with Gasteiger partial charge in [0.1, 0.15) is 13.2 Å². The Labute approximate surface area is 258 Å². The van der Waals surface area contributed by atoms with Crippen LogP contribution in [0.15, 0.2) is 54.6 Å². The summed E-state index contributed by atoms with van der Waals surface area (Å²) >= 11 is 2.72. The van der Waals surface area contributed by atoms with Crippen LogP contribution in [0.3, 0.4) is 0 Å². The lowest BCUT2D eigenvalue weighted by molar-refractivity contribution is 0.0977. The van der Waals surface area contributed by atoms with Gasteiger partial charge in [-0.25, -0.2) is 4.39 Å². The van der Waals surface area contributed by atoms with Crippen LogP contribution in [0.1, 0.15) is 70.0 Å². The molecule has 3 aromatic carbocycles. The Bertz CT molecular complexity index is 1790. The van der Waals surface area contributed by atoms with Crippen LogP contribution in [-0.2, 0) is 13.2 Å². The average molecular weight is 621 g/mol. The fourth-order valence-corrected chi connectivity index (χ4v) is 6.92. The second-order valence-electron chi connectivity index (χ2n) is 10.1. The zero-order valence-corrected chi connectivity index (χ0v) is 26.2. The maximum absolute atomic E-state index is 15.7. The van der Waals surface area contributed by atoms with Crippen molar-refractivity contribution < 1.29 is 32.9 Å². The lowest BCUT2D eigenvalue weighted by atomic mass is 10.1. The van der Waals surface area contributed by atoms with Gasteiger partial charge in [0.15, 0.2) is 40.4 Å². The van der Waals surface area contributed by atoms with Crippen LogP contribution in [0.25, 0.3) is 20.2 Å². The average Bonchev–Trinajstić information content (AvgIpc) is 3.64. The first-order valence-electron chi connectivity index (χ1n) is 14.2. The number of hydrogen-bond acceptors (Lipinski definition) is 8. The molecule has 0 bridgehead atoms. The molecule has 0 saturated heterocycles. The van der Waals surface area contributed by atoms with Gasteiger partial charge >= 0.3 is 0 Å². The Kier molecular flexibility index (Phi) is 9.62. The first-order chi connectivity index (χ1) is 20.9. The summed E-state index contributed by atoms with van der Waals surface area (Å²) < 4.78 is 40.6. The van der Waals surface area contributed by atoms with Crippen molar-refractivity contribution in [3.05, 3.63) is 81.3 Å². The number of hydrogen-bond donors (Lipinski definition) is 0. The number of Topliss-reactive ketones (excluding diaryl/α,β-unsaturated/α-hetero) is 2. The monoisotopic (exact) mass is 620 g/mol. The Balaban J connectivity index is 1.36. The molecule has 0 spiro atoms. The Morgan fingerprint density at radius 3 is 1.93 bits per heavy atom. The molecule has 0 atom stereocenters. The van der Waals surface area contributed by atoms with Gasteiger partial charge in [0, 0.05) is 39.8 Å². The maximum atomic E-state index is 15.7.